The molecule has 0 aliphatic carbocycles. The van der Waals surface area contributed by atoms with Crippen molar-refractivity contribution < 1.29 is 0 Å². The van der Waals surface area contributed by atoms with Crippen molar-refractivity contribution in [2.24, 2.45) is 5.92 Å². The molecule has 2 N–H and O–H groups in total. The second kappa shape index (κ2) is 5.66. The van der Waals surface area contributed by atoms with Gasteiger partial charge in [0.1, 0.15) is 17.0 Å². The van der Waals surface area contributed by atoms with Gasteiger partial charge in [-0.1, -0.05) is 0 Å². The van der Waals surface area contributed by atoms with Crippen LogP contribution in [0.5, 0.6) is 0 Å². The fourth-order valence-corrected chi connectivity index (χ4v) is 3.93. The molecule has 108 valence electrons. The van der Waals surface area contributed by atoms with Gasteiger partial charge in [-0.05, 0) is 58.2 Å². The Bertz CT molecular complexity index is 601. The molecular formula is C15H22N4S. The molecule has 0 radical (unpaired) electrons. The third-order valence-corrected chi connectivity index (χ3v) is 5.49. The van der Waals surface area contributed by atoms with Crippen LogP contribution in [0.25, 0.3) is 10.2 Å². The molecule has 0 saturated carbocycles. The van der Waals surface area contributed by atoms with E-state index in [-0.39, 0.29) is 0 Å². The van der Waals surface area contributed by atoms with Gasteiger partial charge in [-0.3, -0.25) is 0 Å². The molecule has 2 aromatic heterocycles. The SMILES string of the molecule is Cc1sc2ncnc(NC(C)C3CCCNC3)c2c1C. The van der Waals surface area contributed by atoms with Crippen LogP contribution in [0.3, 0.4) is 0 Å². The Morgan fingerprint density at radius 1 is 1.40 bits per heavy atom. The lowest BCUT2D eigenvalue weighted by molar-refractivity contribution is 0.347. The Hall–Kier alpha value is -1.20. The van der Waals surface area contributed by atoms with E-state index in [1.807, 2.05) is 0 Å². The molecule has 0 aromatic carbocycles. The van der Waals surface area contributed by atoms with Gasteiger partial charge in [0, 0.05) is 10.9 Å². The van der Waals surface area contributed by atoms with Gasteiger partial charge in [-0.15, -0.1) is 11.3 Å². The van der Waals surface area contributed by atoms with E-state index in [1.165, 1.54) is 28.7 Å². The van der Waals surface area contributed by atoms with Crippen molar-refractivity contribution >= 4 is 27.4 Å². The van der Waals surface area contributed by atoms with Gasteiger partial charge in [-0.25, -0.2) is 9.97 Å². The van der Waals surface area contributed by atoms with Crippen LogP contribution in [0.1, 0.15) is 30.2 Å². The fraction of sp³-hybridized carbons (Fsp3) is 0.600. The first kappa shape index (κ1) is 13.8. The minimum Gasteiger partial charge on any atom is -0.367 e. The van der Waals surface area contributed by atoms with Crippen LogP contribution in [0.15, 0.2) is 6.33 Å². The highest BCUT2D eigenvalue weighted by atomic mass is 32.1. The van der Waals surface area contributed by atoms with Gasteiger partial charge in [-0.2, -0.15) is 0 Å². The third kappa shape index (κ3) is 2.52. The first-order valence-electron chi connectivity index (χ1n) is 7.34. The molecule has 5 heteroatoms. The topological polar surface area (TPSA) is 49.8 Å². The van der Waals surface area contributed by atoms with Gasteiger partial charge in [0.25, 0.3) is 0 Å². The molecule has 1 fully saturated rings. The quantitative estimate of drug-likeness (QED) is 0.912. The largest absolute Gasteiger partial charge is 0.367 e. The number of anilines is 1. The first-order valence-corrected chi connectivity index (χ1v) is 8.16. The summed E-state index contributed by atoms with van der Waals surface area (Å²) in [5.41, 5.74) is 1.31. The Morgan fingerprint density at radius 3 is 3.00 bits per heavy atom. The number of nitrogens with zero attached hydrogens (tertiary/aromatic N) is 2. The first-order chi connectivity index (χ1) is 9.66. The highest BCUT2D eigenvalue weighted by Crippen LogP contribution is 2.33. The van der Waals surface area contributed by atoms with Crippen LogP contribution >= 0.6 is 11.3 Å². The number of piperidine rings is 1. The Kier molecular flexibility index (Phi) is 3.89. The molecule has 2 unspecified atom stereocenters. The van der Waals surface area contributed by atoms with Crippen molar-refractivity contribution in [2.75, 3.05) is 18.4 Å². The van der Waals surface area contributed by atoms with Crippen LogP contribution in [0.4, 0.5) is 5.82 Å². The van der Waals surface area contributed by atoms with Crippen LogP contribution in [-0.4, -0.2) is 29.1 Å². The summed E-state index contributed by atoms with van der Waals surface area (Å²) in [6, 6.07) is 0.431. The molecule has 0 spiro atoms. The summed E-state index contributed by atoms with van der Waals surface area (Å²) in [6.45, 7) is 8.84. The van der Waals surface area contributed by atoms with Crippen LogP contribution in [-0.2, 0) is 0 Å². The van der Waals surface area contributed by atoms with E-state index >= 15 is 0 Å². The van der Waals surface area contributed by atoms with Gasteiger partial charge in [0.2, 0.25) is 0 Å². The summed E-state index contributed by atoms with van der Waals surface area (Å²) >= 11 is 1.75. The monoisotopic (exact) mass is 290 g/mol. The number of fused-ring (bicyclic) bond motifs is 1. The summed E-state index contributed by atoms with van der Waals surface area (Å²) in [6.07, 6.45) is 4.23. The second-order valence-corrected chi connectivity index (χ2v) is 6.93. The molecule has 20 heavy (non-hydrogen) atoms. The lowest BCUT2D eigenvalue weighted by Crippen LogP contribution is -2.38. The number of thiophene rings is 1. The zero-order chi connectivity index (χ0) is 14.1. The molecule has 1 aliphatic rings. The van der Waals surface area contributed by atoms with E-state index in [4.69, 9.17) is 0 Å². The molecule has 2 atom stereocenters. The molecule has 4 nitrogen and oxygen atoms in total. The average molecular weight is 290 g/mol. The van der Waals surface area contributed by atoms with E-state index in [0.29, 0.717) is 12.0 Å². The molecule has 0 amide bonds. The Labute approximate surface area is 124 Å². The number of rotatable bonds is 3. The third-order valence-electron chi connectivity index (χ3n) is 4.37. The van der Waals surface area contributed by atoms with E-state index in [9.17, 15) is 0 Å². The van der Waals surface area contributed by atoms with Crippen molar-refractivity contribution in [3.8, 4) is 0 Å². The molecule has 3 rings (SSSR count). The summed E-state index contributed by atoms with van der Waals surface area (Å²) in [4.78, 5) is 11.3. The highest BCUT2D eigenvalue weighted by Gasteiger charge is 2.21. The average Bonchev–Trinajstić information content (AvgIpc) is 2.76. The minimum absolute atomic E-state index is 0.431. The Balaban J connectivity index is 1.86. The Morgan fingerprint density at radius 2 is 2.25 bits per heavy atom. The predicted molar refractivity (Wildman–Crippen MR) is 85.6 cm³/mol. The van der Waals surface area contributed by atoms with Crippen LogP contribution < -0.4 is 10.6 Å². The maximum atomic E-state index is 4.48. The molecule has 0 bridgehead atoms. The zero-order valence-corrected chi connectivity index (χ0v) is 13.2. The zero-order valence-electron chi connectivity index (χ0n) is 12.4. The second-order valence-electron chi connectivity index (χ2n) is 5.73. The smallest absolute Gasteiger partial charge is 0.138 e. The number of hydrogen-bond donors (Lipinski definition) is 2. The molecular weight excluding hydrogens is 268 g/mol. The summed E-state index contributed by atoms with van der Waals surface area (Å²) in [7, 11) is 0. The van der Waals surface area contributed by atoms with Gasteiger partial charge < -0.3 is 10.6 Å². The van der Waals surface area contributed by atoms with E-state index in [0.717, 1.165) is 23.7 Å². The molecule has 1 aliphatic heterocycles. The van der Waals surface area contributed by atoms with Crippen LogP contribution in [0, 0.1) is 19.8 Å². The maximum Gasteiger partial charge on any atom is 0.138 e. The summed E-state index contributed by atoms with van der Waals surface area (Å²) in [5.74, 6) is 1.67. The number of hydrogen-bond acceptors (Lipinski definition) is 5. The van der Waals surface area contributed by atoms with Gasteiger partial charge >= 0.3 is 0 Å². The van der Waals surface area contributed by atoms with Crippen molar-refractivity contribution in [1.29, 1.82) is 0 Å². The molecule has 3 heterocycles. The van der Waals surface area contributed by atoms with Crippen molar-refractivity contribution in [2.45, 2.75) is 39.7 Å². The van der Waals surface area contributed by atoms with Crippen molar-refractivity contribution in [3.63, 3.8) is 0 Å². The van der Waals surface area contributed by atoms with E-state index in [1.54, 1.807) is 17.7 Å². The minimum atomic E-state index is 0.431. The maximum absolute atomic E-state index is 4.48. The molecule has 2 aromatic rings. The summed E-state index contributed by atoms with van der Waals surface area (Å²) in [5, 5.41) is 8.31. The van der Waals surface area contributed by atoms with E-state index in [2.05, 4.69) is 41.4 Å². The number of aromatic nitrogens is 2. The lowest BCUT2D eigenvalue weighted by Gasteiger charge is -2.29. The van der Waals surface area contributed by atoms with E-state index < -0.39 is 0 Å². The normalized spacial score (nSPS) is 21.1. The number of nitrogens with one attached hydrogen (secondary N) is 2. The highest BCUT2D eigenvalue weighted by molar-refractivity contribution is 7.18. The van der Waals surface area contributed by atoms with Gasteiger partial charge in [0.15, 0.2) is 0 Å². The van der Waals surface area contributed by atoms with Crippen molar-refractivity contribution in [1.82, 2.24) is 15.3 Å². The standard InChI is InChI=1S/C15H22N4S/c1-9-11(3)20-15-13(9)14(17-8-18-15)19-10(2)12-5-4-6-16-7-12/h8,10,12,16H,4-7H2,1-3H3,(H,17,18,19). The van der Waals surface area contributed by atoms with Gasteiger partial charge in [0.05, 0.1) is 5.39 Å². The predicted octanol–water partition coefficient (Wildman–Crippen LogP) is 3.11. The number of aryl methyl sites for hydroxylation is 2. The molecule has 1 saturated heterocycles. The lowest BCUT2D eigenvalue weighted by atomic mass is 9.93. The van der Waals surface area contributed by atoms with Crippen LogP contribution in [0.2, 0.25) is 0 Å². The fourth-order valence-electron chi connectivity index (χ4n) is 2.93. The summed E-state index contributed by atoms with van der Waals surface area (Å²) < 4.78 is 0. The van der Waals surface area contributed by atoms with Crippen molar-refractivity contribution in [3.05, 3.63) is 16.8 Å².